The highest BCUT2D eigenvalue weighted by atomic mass is 19.4. The van der Waals surface area contributed by atoms with Crippen molar-refractivity contribution in [3.63, 3.8) is 0 Å². The molecule has 1 aliphatic heterocycles. The van der Waals surface area contributed by atoms with Crippen molar-refractivity contribution in [2.45, 2.75) is 31.8 Å². The Bertz CT molecular complexity index is 534. The van der Waals surface area contributed by atoms with E-state index in [0.717, 1.165) is 0 Å². The van der Waals surface area contributed by atoms with Crippen LogP contribution in [0.4, 0.5) is 18.9 Å². The molecule has 1 aromatic rings. The molecule has 1 aromatic carbocycles. The predicted molar refractivity (Wildman–Crippen MR) is 75.5 cm³/mol. The number of amides is 1. The molecule has 0 radical (unpaired) electrons. The third-order valence-corrected chi connectivity index (χ3v) is 3.36. The highest BCUT2D eigenvalue weighted by Crippen LogP contribution is 2.28. The number of nitrogens with zero attached hydrogens (tertiary/aromatic N) is 1. The first-order chi connectivity index (χ1) is 10.2. The van der Waals surface area contributed by atoms with Gasteiger partial charge in [-0.05, 0) is 25.5 Å². The van der Waals surface area contributed by atoms with E-state index in [-0.39, 0.29) is 17.7 Å². The zero-order valence-electron chi connectivity index (χ0n) is 12.1. The minimum absolute atomic E-state index is 0.0642. The van der Waals surface area contributed by atoms with Gasteiger partial charge in [-0.25, -0.2) is 0 Å². The number of anilines is 1. The van der Waals surface area contributed by atoms with Crippen LogP contribution < -0.4 is 20.7 Å². The van der Waals surface area contributed by atoms with E-state index in [1.54, 1.807) is 13.0 Å². The van der Waals surface area contributed by atoms with Crippen molar-refractivity contribution in [1.29, 1.82) is 0 Å². The molecule has 22 heavy (non-hydrogen) atoms. The summed E-state index contributed by atoms with van der Waals surface area (Å²) in [5.74, 6) is -0.492. The van der Waals surface area contributed by atoms with Crippen molar-refractivity contribution in [2.75, 3.05) is 18.0 Å². The average Bonchev–Trinajstić information content (AvgIpc) is 2.85. The monoisotopic (exact) mass is 317 g/mol. The van der Waals surface area contributed by atoms with E-state index in [1.807, 2.05) is 4.90 Å². The average molecular weight is 317 g/mol. The Hall–Kier alpha value is -1.96. The van der Waals surface area contributed by atoms with Crippen molar-refractivity contribution in [2.24, 2.45) is 5.73 Å². The summed E-state index contributed by atoms with van der Waals surface area (Å²) in [6.45, 7) is 2.76. The minimum atomic E-state index is -4.71. The van der Waals surface area contributed by atoms with Crippen LogP contribution in [0, 0.1) is 0 Å². The van der Waals surface area contributed by atoms with E-state index in [1.165, 1.54) is 18.2 Å². The van der Waals surface area contributed by atoms with Gasteiger partial charge >= 0.3 is 6.36 Å². The Balaban J connectivity index is 1.98. The number of rotatable bonds is 4. The van der Waals surface area contributed by atoms with Gasteiger partial charge in [-0.1, -0.05) is 6.07 Å². The summed E-state index contributed by atoms with van der Waals surface area (Å²) in [7, 11) is 0. The number of halogens is 3. The predicted octanol–water partition coefficient (Wildman–Crippen LogP) is 1.63. The van der Waals surface area contributed by atoms with Gasteiger partial charge in [0.2, 0.25) is 5.91 Å². The van der Waals surface area contributed by atoms with Gasteiger partial charge in [0, 0.05) is 30.9 Å². The van der Waals surface area contributed by atoms with Crippen LogP contribution in [0.1, 0.15) is 13.3 Å². The smallest absolute Gasteiger partial charge is 0.406 e. The van der Waals surface area contributed by atoms with Gasteiger partial charge in [0.05, 0.1) is 6.04 Å². The van der Waals surface area contributed by atoms with Crippen LogP contribution >= 0.6 is 0 Å². The quantitative estimate of drug-likeness (QED) is 0.886. The highest BCUT2D eigenvalue weighted by Gasteiger charge is 2.31. The van der Waals surface area contributed by atoms with Crippen LogP contribution in [-0.4, -0.2) is 37.4 Å². The molecular formula is C14H18F3N3O2. The molecule has 0 bridgehead atoms. The summed E-state index contributed by atoms with van der Waals surface area (Å²) in [5, 5.41) is 2.81. The number of ether oxygens (including phenoxy) is 1. The molecule has 3 N–H and O–H groups in total. The second kappa shape index (κ2) is 6.43. The second-order valence-electron chi connectivity index (χ2n) is 5.27. The van der Waals surface area contributed by atoms with Gasteiger partial charge in [0.1, 0.15) is 5.75 Å². The Morgan fingerprint density at radius 1 is 1.50 bits per heavy atom. The number of hydrogen-bond donors (Lipinski definition) is 2. The van der Waals surface area contributed by atoms with Crippen LogP contribution in [0.15, 0.2) is 24.3 Å². The van der Waals surface area contributed by atoms with E-state index in [2.05, 4.69) is 10.1 Å². The van der Waals surface area contributed by atoms with Crippen molar-refractivity contribution in [1.82, 2.24) is 5.32 Å². The van der Waals surface area contributed by atoms with Crippen molar-refractivity contribution in [3.05, 3.63) is 24.3 Å². The fourth-order valence-electron chi connectivity index (χ4n) is 2.32. The lowest BCUT2D eigenvalue weighted by atomic mass is 10.2. The van der Waals surface area contributed by atoms with Gasteiger partial charge in [-0.15, -0.1) is 13.2 Å². The molecule has 0 aliphatic carbocycles. The maximum atomic E-state index is 12.2. The topological polar surface area (TPSA) is 67.6 Å². The summed E-state index contributed by atoms with van der Waals surface area (Å²) >= 11 is 0. The molecule has 1 saturated heterocycles. The maximum absolute atomic E-state index is 12.2. The number of alkyl halides is 3. The molecule has 2 rings (SSSR count). The molecule has 1 unspecified atom stereocenters. The lowest BCUT2D eigenvalue weighted by Crippen LogP contribution is -2.44. The SMILES string of the molecule is C[C@@H](N)C(=O)NC1CCN(c2cccc(OC(F)(F)F)c2)C1. The Labute approximate surface area is 126 Å². The lowest BCUT2D eigenvalue weighted by molar-refractivity contribution is -0.274. The van der Waals surface area contributed by atoms with E-state index in [9.17, 15) is 18.0 Å². The largest absolute Gasteiger partial charge is 0.573 e. The Morgan fingerprint density at radius 2 is 2.23 bits per heavy atom. The van der Waals surface area contributed by atoms with Crippen LogP contribution in [-0.2, 0) is 4.79 Å². The second-order valence-corrected chi connectivity index (χ2v) is 5.27. The van der Waals surface area contributed by atoms with Crippen LogP contribution in [0.25, 0.3) is 0 Å². The minimum Gasteiger partial charge on any atom is -0.406 e. The van der Waals surface area contributed by atoms with Crippen LogP contribution in [0.3, 0.4) is 0 Å². The zero-order chi connectivity index (χ0) is 16.3. The highest BCUT2D eigenvalue weighted by molar-refractivity contribution is 5.81. The molecule has 2 atom stereocenters. The first-order valence-electron chi connectivity index (χ1n) is 6.91. The summed E-state index contributed by atoms with van der Waals surface area (Å²) in [4.78, 5) is 13.5. The molecule has 1 fully saturated rings. The molecule has 0 spiro atoms. The van der Waals surface area contributed by atoms with Gasteiger partial charge in [0.25, 0.3) is 0 Å². The van der Waals surface area contributed by atoms with Crippen LogP contribution in [0.2, 0.25) is 0 Å². The molecule has 1 amide bonds. The van der Waals surface area contributed by atoms with E-state index in [4.69, 9.17) is 5.73 Å². The molecule has 1 heterocycles. The summed E-state index contributed by atoms with van der Waals surface area (Å²) in [5.41, 5.74) is 6.11. The van der Waals surface area contributed by atoms with E-state index in [0.29, 0.717) is 25.2 Å². The fraction of sp³-hybridized carbons (Fsp3) is 0.500. The standard InChI is InChI=1S/C14H18F3N3O2/c1-9(18)13(21)19-10-5-6-20(8-10)11-3-2-4-12(7-11)22-14(15,16)17/h2-4,7,9-10H,5-6,8,18H2,1H3,(H,19,21)/t9-,10?/m1/s1. The first kappa shape index (κ1) is 16.4. The molecule has 1 aliphatic rings. The molecule has 122 valence electrons. The third kappa shape index (κ3) is 4.52. The maximum Gasteiger partial charge on any atom is 0.573 e. The third-order valence-electron chi connectivity index (χ3n) is 3.36. The number of hydrogen-bond acceptors (Lipinski definition) is 4. The number of benzene rings is 1. The van der Waals surface area contributed by atoms with Crippen LogP contribution in [0.5, 0.6) is 5.75 Å². The summed E-state index contributed by atoms with van der Waals surface area (Å²) < 4.78 is 40.6. The fourth-order valence-corrected chi connectivity index (χ4v) is 2.32. The number of carbonyl (C=O) groups is 1. The number of nitrogens with one attached hydrogen (secondary N) is 1. The Morgan fingerprint density at radius 3 is 2.86 bits per heavy atom. The van der Waals surface area contributed by atoms with Gasteiger partial charge < -0.3 is 20.7 Å². The molecule has 0 saturated carbocycles. The van der Waals surface area contributed by atoms with Crippen molar-refractivity contribution < 1.29 is 22.7 Å². The molecule has 8 heteroatoms. The van der Waals surface area contributed by atoms with Gasteiger partial charge in [-0.2, -0.15) is 0 Å². The zero-order valence-corrected chi connectivity index (χ0v) is 12.1. The molecule has 5 nitrogen and oxygen atoms in total. The lowest BCUT2D eigenvalue weighted by Gasteiger charge is -2.20. The van der Waals surface area contributed by atoms with E-state index >= 15 is 0 Å². The van der Waals surface area contributed by atoms with Gasteiger partial charge in [0.15, 0.2) is 0 Å². The van der Waals surface area contributed by atoms with Crippen molar-refractivity contribution in [3.8, 4) is 5.75 Å². The Kier molecular flexibility index (Phi) is 4.80. The first-order valence-corrected chi connectivity index (χ1v) is 6.91. The van der Waals surface area contributed by atoms with Crippen molar-refractivity contribution >= 4 is 11.6 Å². The van der Waals surface area contributed by atoms with Gasteiger partial charge in [-0.3, -0.25) is 4.79 Å². The van der Waals surface area contributed by atoms with E-state index < -0.39 is 12.4 Å². The number of nitrogens with two attached hydrogens (primary N) is 1. The normalized spacial score (nSPS) is 19.9. The number of carbonyl (C=O) groups excluding carboxylic acids is 1. The molecule has 0 aromatic heterocycles. The molecular weight excluding hydrogens is 299 g/mol. The summed E-state index contributed by atoms with van der Waals surface area (Å²) in [6, 6.07) is 5.15. The summed E-state index contributed by atoms with van der Waals surface area (Å²) in [6.07, 6.45) is -4.00.